The molecule has 0 aliphatic carbocycles. The van der Waals surface area contributed by atoms with Gasteiger partial charge in [0.15, 0.2) is 0 Å². The molecule has 0 saturated heterocycles. The van der Waals surface area contributed by atoms with E-state index in [-0.39, 0.29) is 6.42 Å². The van der Waals surface area contributed by atoms with Crippen LogP contribution in [0.1, 0.15) is 13.3 Å². The zero-order chi connectivity index (χ0) is 9.78. The molecule has 0 spiro atoms. The van der Waals surface area contributed by atoms with Gasteiger partial charge < -0.3 is 15.2 Å². The molecule has 0 radical (unpaired) electrons. The molecule has 0 saturated carbocycles. The fourth-order valence-corrected chi connectivity index (χ4v) is 0.882. The molecule has 0 atom stereocenters. The van der Waals surface area contributed by atoms with Crippen molar-refractivity contribution >= 4 is 11.7 Å². The number of ether oxygens (including phenoxy) is 2. The summed E-state index contributed by atoms with van der Waals surface area (Å²) in [5.41, 5.74) is 4.96. The molecule has 0 fully saturated rings. The van der Waals surface area contributed by atoms with Gasteiger partial charge in [-0.2, -0.15) is 0 Å². The number of ketones is 1. The van der Waals surface area contributed by atoms with Crippen LogP contribution in [0.15, 0.2) is 0 Å². The maximum absolute atomic E-state index is 11.2. The second-order valence-corrected chi connectivity index (χ2v) is 2.17. The van der Waals surface area contributed by atoms with Crippen LogP contribution in [0.25, 0.3) is 0 Å². The third-order valence-corrected chi connectivity index (χ3v) is 1.59. The second kappa shape index (κ2) is 4.18. The lowest BCUT2D eigenvalue weighted by molar-refractivity contribution is -0.206. The quantitative estimate of drug-likeness (QED) is 0.448. The number of amides is 1. The van der Waals surface area contributed by atoms with Gasteiger partial charge in [-0.05, 0) is 0 Å². The fraction of sp³-hybridized carbons (Fsp3) is 0.714. The summed E-state index contributed by atoms with van der Waals surface area (Å²) in [6, 6.07) is 0. The van der Waals surface area contributed by atoms with Crippen molar-refractivity contribution in [3.8, 4) is 0 Å². The first-order chi connectivity index (χ1) is 5.55. The van der Waals surface area contributed by atoms with Gasteiger partial charge in [-0.3, -0.25) is 9.59 Å². The zero-order valence-corrected chi connectivity index (χ0v) is 7.42. The van der Waals surface area contributed by atoms with Crippen LogP contribution in [0.3, 0.4) is 0 Å². The van der Waals surface area contributed by atoms with Crippen molar-refractivity contribution in [3.05, 3.63) is 0 Å². The van der Waals surface area contributed by atoms with Crippen LogP contribution in [-0.4, -0.2) is 31.7 Å². The van der Waals surface area contributed by atoms with Gasteiger partial charge in [0.25, 0.3) is 5.91 Å². The van der Waals surface area contributed by atoms with Crippen molar-refractivity contribution in [2.24, 2.45) is 5.73 Å². The minimum Gasteiger partial charge on any atom is -0.365 e. The monoisotopic (exact) mass is 175 g/mol. The summed E-state index contributed by atoms with van der Waals surface area (Å²) in [5, 5.41) is 0. The maximum Gasteiger partial charge on any atom is 0.310 e. The molecule has 0 aromatic carbocycles. The molecule has 70 valence electrons. The lowest BCUT2D eigenvalue weighted by Gasteiger charge is -2.24. The zero-order valence-electron chi connectivity index (χ0n) is 7.42. The van der Waals surface area contributed by atoms with Crippen molar-refractivity contribution in [1.82, 2.24) is 0 Å². The first-order valence-corrected chi connectivity index (χ1v) is 3.48. The Bertz CT molecular complexity index is 186. The van der Waals surface area contributed by atoms with Crippen LogP contribution in [0.2, 0.25) is 0 Å². The topological polar surface area (TPSA) is 78.6 Å². The minimum absolute atomic E-state index is 0.130. The van der Waals surface area contributed by atoms with Gasteiger partial charge in [0.05, 0.1) is 0 Å². The third kappa shape index (κ3) is 1.62. The van der Waals surface area contributed by atoms with Crippen LogP contribution in [0.4, 0.5) is 0 Å². The standard InChI is InChI=1S/C7H13NO4/c1-4-5(9)7(11-2,12-3)6(8)10/h4H2,1-3H3,(H2,8,10). The van der Waals surface area contributed by atoms with E-state index in [1.54, 1.807) is 6.92 Å². The summed E-state index contributed by atoms with van der Waals surface area (Å²) in [7, 11) is 2.39. The normalized spacial score (nSPS) is 11.2. The molecule has 0 rings (SSSR count). The lowest BCUT2D eigenvalue weighted by atomic mass is 10.1. The molecule has 0 heterocycles. The highest BCUT2D eigenvalue weighted by molar-refractivity contribution is 6.07. The van der Waals surface area contributed by atoms with E-state index in [9.17, 15) is 9.59 Å². The number of methoxy groups -OCH3 is 2. The molecule has 0 bridgehead atoms. The molecule has 0 aromatic rings. The van der Waals surface area contributed by atoms with E-state index in [0.717, 1.165) is 0 Å². The molecule has 5 heteroatoms. The summed E-state index contributed by atoms with van der Waals surface area (Å²) in [6.45, 7) is 1.60. The average molecular weight is 175 g/mol. The van der Waals surface area contributed by atoms with Crippen molar-refractivity contribution < 1.29 is 19.1 Å². The highest BCUT2D eigenvalue weighted by Crippen LogP contribution is 2.13. The number of hydrogen-bond acceptors (Lipinski definition) is 4. The number of carbonyl (C=O) groups excluding carboxylic acids is 2. The van der Waals surface area contributed by atoms with Crippen molar-refractivity contribution in [3.63, 3.8) is 0 Å². The molecule has 5 nitrogen and oxygen atoms in total. The van der Waals surface area contributed by atoms with E-state index in [0.29, 0.717) is 0 Å². The number of hydrogen-bond donors (Lipinski definition) is 1. The largest absolute Gasteiger partial charge is 0.365 e. The average Bonchev–Trinajstić information content (AvgIpc) is 2.06. The van der Waals surface area contributed by atoms with Crippen LogP contribution < -0.4 is 5.73 Å². The Morgan fingerprint density at radius 1 is 1.33 bits per heavy atom. The SMILES string of the molecule is CCC(=O)C(OC)(OC)C(N)=O. The smallest absolute Gasteiger partial charge is 0.310 e. The number of nitrogens with two attached hydrogens (primary N) is 1. The van der Waals surface area contributed by atoms with E-state index in [1.165, 1.54) is 14.2 Å². The lowest BCUT2D eigenvalue weighted by Crippen LogP contribution is -2.53. The van der Waals surface area contributed by atoms with Crippen LogP contribution in [0.5, 0.6) is 0 Å². The predicted molar refractivity (Wildman–Crippen MR) is 41.2 cm³/mol. The van der Waals surface area contributed by atoms with Crippen molar-refractivity contribution in [1.29, 1.82) is 0 Å². The Balaban J connectivity index is 4.82. The van der Waals surface area contributed by atoms with E-state index >= 15 is 0 Å². The summed E-state index contributed by atoms with van der Waals surface area (Å²) in [4.78, 5) is 22.0. The number of primary amides is 1. The van der Waals surface area contributed by atoms with Gasteiger partial charge in [-0.1, -0.05) is 6.92 Å². The summed E-state index contributed by atoms with van der Waals surface area (Å²) in [5.74, 6) is -3.33. The summed E-state index contributed by atoms with van der Waals surface area (Å²) < 4.78 is 9.31. The van der Waals surface area contributed by atoms with Crippen LogP contribution >= 0.6 is 0 Å². The van der Waals surface area contributed by atoms with Crippen molar-refractivity contribution in [2.45, 2.75) is 19.1 Å². The van der Waals surface area contributed by atoms with Gasteiger partial charge in [0, 0.05) is 20.6 Å². The van der Waals surface area contributed by atoms with Gasteiger partial charge in [-0.25, -0.2) is 0 Å². The fourth-order valence-electron chi connectivity index (χ4n) is 0.882. The molecule has 0 aliphatic heterocycles. The number of carbonyl (C=O) groups is 2. The van der Waals surface area contributed by atoms with Gasteiger partial charge in [0.2, 0.25) is 5.78 Å². The molecular weight excluding hydrogens is 162 g/mol. The van der Waals surface area contributed by atoms with E-state index in [1.807, 2.05) is 0 Å². The Hall–Kier alpha value is -0.940. The predicted octanol–water partition coefficient (Wildman–Crippen LogP) is -0.560. The molecule has 0 unspecified atom stereocenters. The molecule has 2 N–H and O–H groups in total. The second-order valence-electron chi connectivity index (χ2n) is 2.17. The maximum atomic E-state index is 11.2. The summed E-state index contributed by atoms with van der Waals surface area (Å²) in [6.07, 6.45) is 0.130. The molecule has 0 aromatic heterocycles. The van der Waals surface area contributed by atoms with Crippen LogP contribution in [-0.2, 0) is 19.1 Å². The minimum atomic E-state index is -1.91. The first kappa shape index (κ1) is 11.1. The molecule has 0 aliphatic rings. The summed E-state index contributed by atoms with van der Waals surface area (Å²) >= 11 is 0. The highest BCUT2D eigenvalue weighted by Gasteiger charge is 2.43. The van der Waals surface area contributed by atoms with Gasteiger partial charge in [-0.15, -0.1) is 0 Å². The van der Waals surface area contributed by atoms with Gasteiger partial charge in [0.1, 0.15) is 0 Å². The highest BCUT2D eigenvalue weighted by atomic mass is 16.7. The Morgan fingerprint density at radius 3 is 1.83 bits per heavy atom. The van der Waals surface area contributed by atoms with E-state index in [2.05, 4.69) is 9.47 Å². The molecule has 12 heavy (non-hydrogen) atoms. The van der Waals surface area contributed by atoms with E-state index < -0.39 is 17.5 Å². The first-order valence-electron chi connectivity index (χ1n) is 3.48. The van der Waals surface area contributed by atoms with E-state index in [4.69, 9.17) is 5.73 Å². The van der Waals surface area contributed by atoms with Crippen LogP contribution in [0, 0.1) is 0 Å². The van der Waals surface area contributed by atoms with Crippen molar-refractivity contribution in [2.75, 3.05) is 14.2 Å². The molecular formula is C7H13NO4. The Morgan fingerprint density at radius 2 is 1.75 bits per heavy atom. The number of Topliss-reactive ketones (excluding diaryl/α,β-unsaturated/α-hetero) is 1. The number of rotatable bonds is 5. The Labute approximate surface area is 70.8 Å². The molecule has 1 amide bonds. The Kier molecular flexibility index (Phi) is 3.85. The third-order valence-electron chi connectivity index (χ3n) is 1.59. The van der Waals surface area contributed by atoms with Gasteiger partial charge >= 0.3 is 5.79 Å².